The van der Waals surface area contributed by atoms with Gasteiger partial charge in [0.25, 0.3) is 0 Å². The summed E-state index contributed by atoms with van der Waals surface area (Å²) in [6.07, 6.45) is 2.78. The molecule has 19 heavy (non-hydrogen) atoms. The van der Waals surface area contributed by atoms with Crippen molar-refractivity contribution in [1.82, 2.24) is 20.2 Å². The van der Waals surface area contributed by atoms with E-state index in [1.165, 1.54) is 16.3 Å². The van der Waals surface area contributed by atoms with Crippen molar-refractivity contribution < 1.29 is 0 Å². The number of likely N-dealkylation sites (N-methyl/N-ethyl adjacent to an activating group) is 1. The number of fused-ring (bicyclic) bond motifs is 1. The number of aromatic nitrogens is 2. The fraction of sp³-hybridized carbons (Fsp3) is 0.462. The maximum absolute atomic E-state index is 5.96. The highest BCUT2D eigenvalue weighted by atomic mass is 35.5. The van der Waals surface area contributed by atoms with E-state index < -0.39 is 0 Å². The second kappa shape index (κ2) is 5.63. The number of nitrogens with zero attached hydrogens (tertiary/aromatic N) is 2. The Kier molecular flexibility index (Phi) is 3.88. The van der Waals surface area contributed by atoms with E-state index in [1.54, 1.807) is 17.7 Å². The lowest BCUT2D eigenvalue weighted by Gasteiger charge is -2.27. The topological polar surface area (TPSA) is 44.0 Å². The van der Waals surface area contributed by atoms with Gasteiger partial charge in [0.15, 0.2) is 0 Å². The molecule has 0 spiro atoms. The molecule has 0 aromatic carbocycles. The third kappa shape index (κ3) is 3.17. The normalized spacial score (nSPS) is 18.8. The monoisotopic (exact) mass is 296 g/mol. The van der Waals surface area contributed by atoms with Gasteiger partial charge < -0.3 is 10.3 Å². The van der Waals surface area contributed by atoms with Gasteiger partial charge in [0, 0.05) is 37.0 Å². The molecular weight excluding hydrogens is 280 g/mol. The van der Waals surface area contributed by atoms with Gasteiger partial charge in [0.2, 0.25) is 0 Å². The lowest BCUT2D eigenvalue weighted by atomic mass is 10.1. The first-order valence-electron chi connectivity index (χ1n) is 6.38. The smallest absolute Gasteiger partial charge is 0.0931 e. The fourth-order valence-corrected chi connectivity index (χ4v) is 3.67. The van der Waals surface area contributed by atoms with E-state index in [0.717, 1.165) is 30.4 Å². The molecule has 3 rings (SSSR count). The fourth-order valence-electron chi connectivity index (χ4n) is 2.50. The van der Waals surface area contributed by atoms with Crippen LogP contribution in [0, 0.1) is 0 Å². The molecule has 0 saturated heterocycles. The highest BCUT2D eigenvalue weighted by Gasteiger charge is 2.21. The summed E-state index contributed by atoms with van der Waals surface area (Å²) >= 11 is 7.61. The van der Waals surface area contributed by atoms with Crippen molar-refractivity contribution in [3.63, 3.8) is 0 Å². The molecular formula is C13H17ClN4S. The Hall–Kier alpha value is -0.880. The quantitative estimate of drug-likeness (QED) is 0.910. The summed E-state index contributed by atoms with van der Waals surface area (Å²) in [6.45, 7) is 2.85. The van der Waals surface area contributed by atoms with Crippen LogP contribution < -0.4 is 5.32 Å². The first-order chi connectivity index (χ1) is 9.20. The average molecular weight is 297 g/mol. The minimum absolute atomic E-state index is 0.469. The molecule has 0 aliphatic carbocycles. The van der Waals surface area contributed by atoms with E-state index in [0.29, 0.717) is 6.04 Å². The molecule has 6 heteroatoms. The molecule has 0 radical (unpaired) electrons. The number of rotatable bonds is 4. The van der Waals surface area contributed by atoms with Gasteiger partial charge >= 0.3 is 0 Å². The van der Waals surface area contributed by atoms with E-state index in [4.69, 9.17) is 11.6 Å². The molecule has 1 aliphatic heterocycles. The Labute approximate surface area is 121 Å². The highest BCUT2D eigenvalue weighted by molar-refractivity contribution is 7.16. The van der Waals surface area contributed by atoms with E-state index in [9.17, 15) is 0 Å². The molecule has 0 amide bonds. The SMILES string of the molecule is CN(Cc1ccc(Cl)s1)CC1Cc2nc[nH]c2CN1. The zero-order chi connectivity index (χ0) is 13.2. The lowest BCUT2D eigenvalue weighted by Crippen LogP contribution is -2.43. The first kappa shape index (κ1) is 13.1. The second-order valence-electron chi connectivity index (χ2n) is 5.01. The Morgan fingerprint density at radius 1 is 1.53 bits per heavy atom. The van der Waals surface area contributed by atoms with Crippen molar-refractivity contribution in [2.24, 2.45) is 0 Å². The van der Waals surface area contributed by atoms with Crippen LogP contribution in [0.25, 0.3) is 0 Å². The van der Waals surface area contributed by atoms with Gasteiger partial charge in [-0.1, -0.05) is 11.6 Å². The molecule has 0 fully saturated rings. The number of nitrogens with one attached hydrogen (secondary N) is 2. The molecule has 1 unspecified atom stereocenters. The Morgan fingerprint density at radius 2 is 2.42 bits per heavy atom. The van der Waals surface area contributed by atoms with Crippen molar-refractivity contribution in [2.75, 3.05) is 13.6 Å². The molecule has 1 aliphatic rings. The molecule has 2 aromatic heterocycles. The summed E-state index contributed by atoms with van der Waals surface area (Å²) in [5.41, 5.74) is 2.43. The van der Waals surface area contributed by atoms with Crippen LogP contribution in [-0.2, 0) is 19.5 Å². The van der Waals surface area contributed by atoms with Crippen LogP contribution in [0.3, 0.4) is 0 Å². The predicted molar refractivity (Wildman–Crippen MR) is 78.6 cm³/mol. The molecule has 102 valence electrons. The molecule has 2 N–H and O–H groups in total. The van der Waals surface area contributed by atoms with Gasteiger partial charge in [-0.3, -0.25) is 4.90 Å². The first-order valence-corrected chi connectivity index (χ1v) is 7.57. The summed E-state index contributed by atoms with van der Waals surface area (Å²) in [4.78, 5) is 11.2. The predicted octanol–water partition coefficient (Wildman–Crippen LogP) is 2.27. The van der Waals surface area contributed by atoms with Crippen molar-refractivity contribution in [3.8, 4) is 0 Å². The van der Waals surface area contributed by atoms with E-state index >= 15 is 0 Å². The molecule has 0 saturated carbocycles. The highest BCUT2D eigenvalue weighted by Crippen LogP contribution is 2.22. The largest absolute Gasteiger partial charge is 0.347 e. The van der Waals surface area contributed by atoms with Crippen LogP contribution in [0.4, 0.5) is 0 Å². The average Bonchev–Trinajstić information content (AvgIpc) is 2.97. The molecule has 4 nitrogen and oxygen atoms in total. The number of halogens is 1. The lowest BCUT2D eigenvalue weighted by molar-refractivity contribution is 0.274. The summed E-state index contributed by atoms with van der Waals surface area (Å²) in [5, 5.41) is 3.55. The molecule has 3 heterocycles. The maximum atomic E-state index is 5.96. The van der Waals surface area contributed by atoms with Crippen LogP contribution in [0.2, 0.25) is 4.34 Å². The third-order valence-corrected chi connectivity index (χ3v) is 4.62. The number of thiophene rings is 1. The third-order valence-electron chi connectivity index (χ3n) is 3.40. The van der Waals surface area contributed by atoms with Crippen molar-refractivity contribution in [1.29, 1.82) is 0 Å². The van der Waals surface area contributed by atoms with Crippen LogP contribution in [0.1, 0.15) is 16.3 Å². The minimum atomic E-state index is 0.469. The number of aromatic amines is 1. The van der Waals surface area contributed by atoms with Gasteiger partial charge in [0.1, 0.15) is 0 Å². The van der Waals surface area contributed by atoms with Crippen molar-refractivity contribution in [2.45, 2.75) is 25.6 Å². The Morgan fingerprint density at radius 3 is 3.21 bits per heavy atom. The maximum Gasteiger partial charge on any atom is 0.0931 e. The standard InChI is InChI=1S/C13H17ClN4S/c1-18(7-10-2-3-13(14)19-10)6-9-4-11-12(5-15-9)17-8-16-11/h2-3,8-9,15H,4-7H2,1H3,(H,16,17). The second-order valence-corrected chi connectivity index (χ2v) is 6.81. The molecule has 2 aromatic rings. The van der Waals surface area contributed by atoms with Crippen LogP contribution >= 0.6 is 22.9 Å². The zero-order valence-corrected chi connectivity index (χ0v) is 12.4. The van der Waals surface area contributed by atoms with Crippen molar-refractivity contribution in [3.05, 3.63) is 39.1 Å². The number of hydrogen-bond acceptors (Lipinski definition) is 4. The van der Waals surface area contributed by atoms with E-state index in [1.807, 2.05) is 6.07 Å². The minimum Gasteiger partial charge on any atom is -0.347 e. The number of imidazole rings is 1. The summed E-state index contributed by atoms with van der Waals surface area (Å²) < 4.78 is 0.861. The summed E-state index contributed by atoms with van der Waals surface area (Å²) in [7, 11) is 2.15. The van der Waals surface area contributed by atoms with Gasteiger partial charge in [-0.2, -0.15) is 0 Å². The van der Waals surface area contributed by atoms with E-state index in [2.05, 4.69) is 33.3 Å². The van der Waals surface area contributed by atoms with Gasteiger partial charge in [0.05, 0.1) is 22.1 Å². The summed E-state index contributed by atoms with van der Waals surface area (Å²) in [6, 6.07) is 4.53. The Bertz CT molecular complexity index is 550. The van der Waals surface area contributed by atoms with Crippen molar-refractivity contribution >= 4 is 22.9 Å². The van der Waals surface area contributed by atoms with Gasteiger partial charge in [-0.05, 0) is 19.2 Å². The van der Waals surface area contributed by atoms with Gasteiger partial charge in [-0.25, -0.2) is 4.98 Å². The zero-order valence-electron chi connectivity index (χ0n) is 10.8. The molecule has 1 atom stereocenters. The van der Waals surface area contributed by atoms with Gasteiger partial charge in [-0.15, -0.1) is 11.3 Å². The molecule has 0 bridgehead atoms. The van der Waals surface area contributed by atoms with Crippen LogP contribution in [-0.4, -0.2) is 34.5 Å². The van der Waals surface area contributed by atoms with Crippen LogP contribution in [0.15, 0.2) is 18.5 Å². The Balaban J connectivity index is 1.54. The summed E-state index contributed by atoms with van der Waals surface area (Å²) in [5.74, 6) is 0. The van der Waals surface area contributed by atoms with E-state index in [-0.39, 0.29) is 0 Å². The number of hydrogen-bond donors (Lipinski definition) is 2. The van der Waals surface area contributed by atoms with Crippen LogP contribution in [0.5, 0.6) is 0 Å². The number of H-pyrrole nitrogens is 1.